The van der Waals surface area contributed by atoms with E-state index in [9.17, 15) is 5.11 Å². The van der Waals surface area contributed by atoms with Gasteiger partial charge in [-0.3, -0.25) is 9.80 Å². The third-order valence-corrected chi connectivity index (χ3v) is 5.24. The maximum absolute atomic E-state index is 10.4. The van der Waals surface area contributed by atoms with E-state index in [-0.39, 0.29) is 0 Å². The molecule has 0 amide bonds. The average Bonchev–Trinajstić information content (AvgIpc) is 2.68. The zero-order chi connectivity index (χ0) is 20.6. The van der Waals surface area contributed by atoms with Crippen LogP contribution in [-0.4, -0.2) is 67.5 Å². The van der Waals surface area contributed by atoms with Crippen molar-refractivity contribution in [2.75, 3.05) is 46.5 Å². The second kappa shape index (κ2) is 10.7. The first-order chi connectivity index (χ1) is 14.0. The van der Waals surface area contributed by atoms with Crippen LogP contribution in [0.4, 0.5) is 0 Å². The molecule has 1 fully saturated rings. The van der Waals surface area contributed by atoms with Gasteiger partial charge in [-0.05, 0) is 43.7 Å². The van der Waals surface area contributed by atoms with Gasteiger partial charge in [-0.1, -0.05) is 42.0 Å². The molecule has 0 saturated carbocycles. The second-order valence-electron chi connectivity index (χ2n) is 8.14. The van der Waals surface area contributed by atoms with E-state index in [1.165, 1.54) is 16.7 Å². The number of nitrogens with zero attached hydrogens (tertiary/aromatic N) is 2. The van der Waals surface area contributed by atoms with E-state index in [4.69, 9.17) is 9.47 Å². The molecule has 158 valence electrons. The monoisotopic (exact) mass is 398 g/mol. The lowest BCUT2D eigenvalue weighted by Gasteiger charge is -2.27. The summed E-state index contributed by atoms with van der Waals surface area (Å²) in [5.41, 5.74) is 4.91. The molecule has 1 saturated heterocycles. The van der Waals surface area contributed by atoms with Crippen LogP contribution < -0.4 is 4.74 Å². The standard InChI is InChI=1S/C24H34N2O3/c1-19-7-8-24(20(2)13-19)29-18-23(27)17-25(3)15-21-5-4-6-22(14-21)16-26-9-11-28-12-10-26/h4-8,13-14,23,27H,9-12,15-18H2,1-3H3/t23-/m1/s1. The van der Waals surface area contributed by atoms with Gasteiger partial charge >= 0.3 is 0 Å². The van der Waals surface area contributed by atoms with Crippen LogP contribution in [0.2, 0.25) is 0 Å². The SMILES string of the molecule is Cc1ccc(OC[C@H](O)CN(C)Cc2cccc(CN3CCOCC3)c2)c(C)c1. The Morgan fingerprint density at radius 2 is 1.86 bits per heavy atom. The predicted molar refractivity (Wildman–Crippen MR) is 116 cm³/mol. The quantitative estimate of drug-likeness (QED) is 0.704. The number of ether oxygens (including phenoxy) is 2. The molecule has 0 radical (unpaired) electrons. The molecule has 5 heteroatoms. The number of morpholine rings is 1. The molecular weight excluding hydrogens is 364 g/mol. The molecule has 1 heterocycles. The van der Waals surface area contributed by atoms with Gasteiger partial charge in [0.1, 0.15) is 18.5 Å². The highest BCUT2D eigenvalue weighted by molar-refractivity contribution is 5.35. The van der Waals surface area contributed by atoms with E-state index in [1.807, 2.05) is 26.1 Å². The summed E-state index contributed by atoms with van der Waals surface area (Å²) in [7, 11) is 2.04. The molecule has 3 rings (SSSR count). The smallest absolute Gasteiger partial charge is 0.122 e. The Hall–Kier alpha value is -1.92. The molecule has 1 atom stereocenters. The van der Waals surface area contributed by atoms with E-state index in [1.54, 1.807) is 0 Å². The first kappa shape index (κ1) is 21.8. The molecular formula is C24H34N2O3. The second-order valence-corrected chi connectivity index (χ2v) is 8.14. The number of rotatable bonds is 9. The number of aryl methyl sites for hydroxylation is 2. The zero-order valence-corrected chi connectivity index (χ0v) is 17.9. The van der Waals surface area contributed by atoms with Crippen molar-refractivity contribution in [2.45, 2.75) is 33.0 Å². The minimum atomic E-state index is -0.530. The normalized spacial score (nSPS) is 16.2. The fourth-order valence-corrected chi connectivity index (χ4v) is 3.78. The predicted octanol–water partition coefficient (Wildman–Crippen LogP) is 3.01. The molecule has 2 aromatic rings. The molecule has 5 nitrogen and oxygen atoms in total. The fourth-order valence-electron chi connectivity index (χ4n) is 3.78. The van der Waals surface area contributed by atoms with Gasteiger partial charge in [0.15, 0.2) is 0 Å². The Labute approximate surface area is 174 Å². The minimum absolute atomic E-state index is 0.297. The average molecular weight is 399 g/mol. The number of aliphatic hydroxyl groups excluding tert-OH is 1. The first-order valence-electron chi connectivity index (χ1n) is 10.4. The molecule has 0 bridgehead atoms. The number of hydrogen-bond donors (Lipinski definition) is 1. The van der Waals surface area contributed by atoms with Crippen LogP contribution >= 0.6 is 0 Å². The van der Waals surface area contributed by atoms with Crippen molar-refractivity contribution in [3.05, 3.63) is 64.7 Å². The van der Waals surface area contributed by atoms with Crippen molar-refractivity contribution in [2.24, 2.45) is 0 Å². The van der Waals surface area contributed by atoms with Crippen LogP contribution in [0.5, 0.6) is 5.75 Å². The van der Waals surface area contributed by atoms with Crippen LogP contribution in [0, 0.1) is 13.8 Å². The third kappa shape index (κ3) is 7.12. The van der Waals surface area contributed by atoms with Gasteiger partial charge in [0.2, 0.25) is 0 Å². The Morgan fingerprint density at radius 1 is 1.10 bits per heavy atom. The maximum atomic E-state index is 10.4. The third-order valence-electron chi connectivity index (χ3n) is 5.24. The number of likely N-dealkylation sites (N-methyl/N-ethyl adjacent to an activating group) is 1. The number of hydrogen-bond acceptors (Lipinski definition) is 5. The van der Waals surface area contributed by atoms with Crippen LogP contribution in [0.15, 0.2) is 42.5 Å². The molecule has 0 unspecified atom stereocenters. The zero-order valence-electron chi connectivity index (χ0n) is 17.9. The lowest BCUT2D eigenvalue weighted by atomic mass is 10.1. The molecule has 2 aromatic carbocycles. The van der Waals surface area contributed by atoms with Crippen molar-refractivity contribution in [3.63, 3.8) is 0 Å². The molecule has 1 aliphatic heterocycles. The van der Waals surface area contributed by atoms with Crippen LogP contribution in [0.25, 0.3) is 0 Å². The highest BCUT2D eigenvalue weighted by Crippen LogP contribution is 2.19. The Morgan fingerprint density at radius 3 is 2.62 bits per heavy atom. The van der Waals surface area contributed by atoms with E-state index in [0.29, 0.717) is 13.2 Å². The van der Waals surface area contributed by atoms with Crippen LogP contribution in [-0.2, 0) is 17.8 Å². The molecule has 0 aliphatic carbocycles. The molecule has 29 heavy (non-hydrogen) atoms. The van der Waals surface area contributed by atoms with Gasteiger partial charge in [-0.25, -0.2) is 0 Å². The summed E-state index contributed by atoms with van der Waals surface area (Å²) < 4.78 is 11.2. The number of benzene rings is 2. The highest BCUT2D eigenvalue weighted by atomic mass is 16.5. The summed E-state index contributed by atoms with van der Waals surface area (Å²) in [4.78, 5) is 4.57. The lowest BCUT2D eigenvalue weighted by molar-refractivity contribution is 0.0342. The van der Waals surface area contributed by atoms with Gasteiger partial charge in [-0.2, -0.15) is 0 Å². The Balaban J connectivity index is 1.45. The summed E-state index contributed by atoms with van der Waals surface area (Å²) in [5, 5.41) is 10.4. The van der Waals surface area contributed by atoms with Crippen LogP contribution in [0.3, 0.4) is 0 Å². The highest BCUT2D eigenvalue weighted by Gasteiger charge is 2.13. The first-order valence-corrected chi connectivity index (χ1v) is 10.4. The van der Waals surface area contributed by atoms with Gasteiger partial charge < -0.3 is 14.6 Å². The van der Waals surface area contributed by atoms with E-state index in [0.717, 1.165) is 50.7 Å². The van der Waals surface area contributed by atoms with Crippen molar-refractivity contribution >= 4 is 0 Å². The molecule has 0 aromatic heterocycles. The summed E-state index contributed by atoms with van der Waals surface area (Å²) in [6.07, 6.45) is -0.530. The molecule has 1 aliphatic rings. The summed E-state index contributed by atoms with van der Waals surface area (Å²) in [5.74, 6) is 0.841. The van der Waals surface area contributed by atoms with Crippen molar-refractivity contribution in [3.8, 4) is 5.75 Å². The number of aliphatic hydroxyl groups is 1. The fraction of sp³-hybridized carbons (Fsp3) is 0.500. The van der Waals surface area contributed by atoms with Crippen LogP contribution in [0.1, 0.15) is 22.3 Å². The van der Waals surface area contributed by atoms with Crippen molar-refractivity contribution < 1.29 is 14.6 Å². The van der Waals surface area contributed by atoms with Gasteiger partial charge in [0.05, 0.1) is 13.2 Å². The van der Waals surface area contributed by atoms with Gasteiger partial charge in [-0.15, -0.1) is 0 Å². The molecule has 1 N–H and O–H groups in total. The summed E-state index contributed by atoms with van der Waals surface area (Å²) >= 11 is 0. The topological polar surface area (TPSA) is 45.2 Å². The van der Waals surface area contributed by atoms with E-state index in [2.05, 4.69) is 47.1 Å². The Kier molecular flexibility index (Phi) is 8.07. The summed E-state index contributed by atoms with van der Waals surface area (Å²) in [6, 6.07) is 14.8. The van der Waals surface area contributed by atoms with E-state index >= 15 is 0 Å². The van der Waals surface area contributed by atoms with Crippen molar-refractivity contribution in [1.29, 1.82) is 0 Å². The Bertz CT molecular complexity index is 774. The minimum Gasteiger partial charge on any atom is -0.491 e. The van der Waals surface area contributed by atoms with Gasteiger partial charge in [0.25, 0.3) is 0 Å². The summed E-state index contributed by atoms with van der Waals surface area (Å²) in [6.45, 7) is 10.4. The lowest BCUT2D eigenvalue weighted by Crippen LogP contribution is -2.35. The maximum Gasteiger partial charge on any atom is 0.122 e. The van der Waals surface area contributed by atoms with Gasteiger partial charge in [0, 0.05) is 32.7 Å². The largest absolute Gasteiger partial charge is 0.491 e. The van der Waals surface area contributed by atoms with E-state index < -0.39 is 6.10 Å². The van der Waals surface area contributed by atoms with Crippen molar-refractivity contribution in [1.82, 2.24) is 9.80 Å². The molecule has 0 spiro atoms.